The molecule has 0 spiro atoms. The number of aliphatic hydroxyl groups excluding tert-OH is 1. The van der Waals surface area contributed by atoms with Crippen molar-refractivity contribution < 1.29 is 19.0 Å². The van der Waals surface area contributed by atoms with Gasteiger partial charge in [0.25, 0.3) is 0 Å². The molecule has 0 radical (unpaired) electrons. The van der Waals surface area contributed by atoms with Crippen LogP contribution in [0.15, 0.2) is 30.6 Å². The van der Waals surface area contributed by atoms with Gasteiger partial charge in [-0.1, -0.05) is 18.2 Å². The summed E-state index contributed by atoms with van der Waals surface area (Å²) in [6.07, 6.45) is 7.00. The first kappa shape index (κ1) is 18.8. The summed E-state index contributed by atoms with van der Waals surface area (Å²) in [5.41, 5.74) is 1.13. The molecule has 0 bridgehead atoms. The number of carbonyl (C=O) groups is 1. The first-order chi connectivity index (χ1) is 13.7. The number of amides is 1. The maximum Gasteiger partial charge on any atom is 0.316 e. The first-order valence-corrected chi connectivity index (χ1v) is 9.78. The number of hydrogen-bond acceptors (Lipinski definition) is 5. The zero-order chi connectivity index (χ0) is 19.5. The molecule has 1 amide bonds. The molecule has 1 aromatic carbocycles. The molecule has 1 aliphatic heterocycles. The lowest BCUT2D eigenvalue weighted by atomic mass is 9.97. The van der Waals surface area contributed by atoms with Gasteiger partial charge in [0.2, 0.25) is 5.91 Å². The van der Waals surface area contributed by atoms with E-state index in [0.29, 0.717) is 29.6 Å². The monoisotopic (exact) mass is 385 g/mol. The fraction of sp³-hybridized carbons (Fsp3) is 0.476. The summed E-state index contributed by atoms with van der Waals surface area (Å²) in [7, 11) is 0. The van der Waals surface area contributed by atoms with Crippen molar-refractivity contribution in [3.63, 3.8) is 0 Å². The number of ether oxygens (including phenoxy) is 1. The topological polar surface area (TPSA) is 75.6 Å². The largest absolute Gasteiger partial charge is 0.463 e. The molecular weight excluding hydrogens is 361 g/mol. The summed E-state index contributed by atoms with van der Waals surface area (Å²) in [5.74, 6) is 0.512. The second kappa shape index (κ2) is 8.22. The van der Waals surface area contributed by atoms with Gasteiger partial charge in [-0.05, 0) is 31.6 Å². The van der Waals surface area contributed by atoms with Crippen molar-refractivity contribution in [3.8, 4) is 17.1 Å². The van der Waals surface area contributed by atoms with Crippen LogP contribution in [-0.2, 0) is 11.4 Å². The van der Waals surface area contributed by atoms with Gasteiger partial charge in [-0.15, -0.1) is 0 Å². The Morgan fingerprint density at radius 3 is 2.54 bits per heavy atom. The van der Waals surface area contributed by atoms with E-state index in [1.807, 2.05) is 4.90 Å². The van der Waals surface area contributed by atoms with Gasteiger partial charge in [-0.25, -0.2) is 14.4 Å². The van der Waals surface area contributed by atoms with Gasteiger partial charge < -0.3 is 14.7 Å². The predicted octanol–water partition coefficient (Wildman–Crippen LogP) is 2.80. The molecule has 0 unspecified atom stereocenters. The van der Waals surface area contributed by atoms with Gasteiger partial charge in [-0.3, -0.25) is 4.79 Å². The number of likely N-dealkylation sites (tertiary alicyclic amines) is 1. The highest BCUT2D eigenvalue weighted by Crippen LogP contribution is 2.32. The van der Waals surface area contributed by atoms with Crippen LogP contribution in [0.1, 0.15) is 31.2 Å². The van der Waals surface area contributed by atoms with Crippen LogP contribution in [0.25, 0.3) is 11.1 Å². The molecule has 1 N–H and O–H groups in total. The molecule has 2 aliphatic rings. The minimum Gasteiger partial charge on any atom is -0.463 e. The van der Waals surface area contributed by atoms with E-state index >= 15 is 0 Å². The number of carbonyl (C=O) groups excluding carboxylic acids is 1. The van der Waals surface area contributed by atoms with Gasteiger partial charge in [0.1, 0.15) is 5.82 Å². The van der Waals surface area contributed by atoms with E-state index in [-0.39, 0.29) is 24.1 Å². The summed E-state index contributed by atoms with van der Waals surface area (Å²) in [5, 5.41) is 9.19. The summed E-state index contributed by atoms with van der Waals surface area (Å²) in [6, 6.07) is 5.12. The fourth-order valence-electron chi connectivity index (χ4n) is 3.56. The minimum absolute atomic E-state index is 0.240. The maximum atomic E-state index is 14.3. The summed E-state index contributed by atoms with van der Waals surface area (Å²) in [4.78, 5) is 22.4. The van der Waals surface area contributed by atoms with E-state index in [1.165, 1.54) is 12.4 Å². The Morgan fingerprint density at radius 1 is 1.18 bits per heavy atom. The van der Waals surface area contributed by atoms with Crippen LogP contribution in [0.3, 0.4) is 0 Å². The number of aromatic nitrogens is 2. The Hall–Kier alpha value is -2.54. The zero-order valence-corrected chi connectivity index (χ0v) is 15.7. The number of aliphatic hydroxyl groups is 1. The Balaban J connectivity index is 1.30. The van der Waals surface area contributed by atoms with Crippen LogP contribution in [0.4, 0.5) is 4.39 Å². The summed E-state index contributed by atoms with van der Waals surface area (Å²) < 4.78 is 20.0. The van der Waals surface area contributed by atoms with Crippen molar-refractivity contribution in [1.82, 2.24) is 14.9 Å². The van der Waals surface area contributed by atoms with Crippen molar-refractivity contribution in [3.05, 3.63) is 42.0 Å². The highest BCUT2D eigenvalue weighted by Gasteiger charge is 2.34. The molecule has 1 saturated heterocycles. The van der Waals surface area contributed by atoms with Crippen molar-refractivity contribution in [2.24, 2.45) is 11.8 Å². The second-order valence-electron chi connectivity index (χ2n) is 7.55. The lowest BCUT2D eigenvalue weighted by Gasteiger charge is -2.31. The summed E-state index contributed by atoms with van der Waals surface area (Å²) >= 11 is 0. The highest BCUT2D eigenvalue weighted by atomic mass is 19.1. The first-order valence-electron chi connectivity index (χ1n) is 9.78. The molecule has 148 valence electrons. The molecule has 2 aromatic rings. The summed E-state index contributed by atoms with van der Waals surface area (Å²) in [6.45, 7) is 1.75. The van der Waals surface area contributed by atoms with Crippen LogP contribution in [0.2, 0.25) is 0 Å². The molecule has 2 heterocycles. The molecule has 4 rings (SSSR count). The maximum absolute atomic E-state index is 14.3. The normalized spacial score (nSPS) is 17.6. The van der Waals surface area contributed by atoms with E-state index in [9.17, 15) is 14.3 Å². The average Bonchev–Trinajstić information content (AvgIpc) is 3.58. The number of hydrogen-bond donors (Lipinski definition) is 1. The van der Waals surface area contributed by atoms with Crippen molar-refractivity contribution in [1.29, 1.82) is 0 Å². The van der Waals surface area contributed by atoms with Crippen molar-refractivity contribution in [2.75, 3.05) is 19.7 Å². The third-order valence-corrected chi connectivity index (χ3v) is 5.49. The zero-order valence-electron chi connectivity index (χ0n) is 15.7. The molecular formula is C21H24FN3O3. The van der Waals surface area contributed by atoms with Crippen molar-refractivity contribution in [2.45, 2.75) is 32.3 Å². The molecule has 28 heavy (non-hydrogen) atoms. The SMILES string of the molecule is O=C(C1CC1)N1CCC(COc2ncc(-c3cccc(CO)c3F)cn2)CC1. The molecule has 1 aliphatic carbocycles. The molecule has 0 atom stereocenters. The predicted molar refractivity (Wildman–Crippen MR) is 101 cm³/mol. The molecule has 1 aromatic heterocycles. The third-order valence-electron chi connectivity index (χ3n) is 5.49. The van der Waals surface area contributed by atoms with E-state index in [4.69, 9.17) is 4.74 Å². The Kier molecular flexibility index (Phi) is 5.52. The Labute approximate surface area is 163 Å². The molecule has 2 fully saturated rings. The molecule has 1 saturated carbocycles. The van der Waals surface area contributed by atoms with E-state index in [2.05, 4.69) is 9.97 Å². The number of halogens is 1. The van der Waals surface area contributed by atoms with E-state index < -0.39 is 5.82 Å². The smallest absolute Gasteiger partial charge is 0.316 e. The average molecular weight is 385 g/mol. The standard InChI is InChI=1S/C21H24FN3O3/c22-19-16(12-26)2-1-3-18(19)17-10-23-21(24-11-17)28-13-14-6-8-25(9-7-14)20(27)15-4-5-15/h1-3,10-11,14-15,26H,4-9,12-13H2. The van der Waals surface area contributed by atoms with Crippen molar-refractivity contribution >= 4 is 5.91 Å². The number of piperidine rings is 1. The third kappa shape index (κ3) is 4.14. The van der Waals surface area contributed by atoms with Gasteiger partial charge >= 0.3 is 6.01 Å². The van der Waals surface area contributed by atoms with E-state index in [1.54, 1.807) is 18.2 Å². The fourth-order valence-corrected chi connectivity index (χ4v) is 3.56. The quantitative estimate of drug-likeness (QED) is 0.828. The van der Waals surface area contributed by atoms with Crippen LogP contribution in [-0.4, -0.2) is 45.6 Å². The number of benzene rings is 1. The van der Waals surface area contributed by atoms with Crippen LogP contribution < -0.4 is 4.74 Å². The van der Waals surface area contributed by atoms with Gasteiger partial charge in [-0.2, -0.15) is 0 Å². The Bertz CT molecular complexity index is 831. The second-order valence-corrected chi connectivity index (χ2v) is 7.55. The van der Waals surface area contributed by atoms with Crippen LogP contribution >= 0.6 is 0 Å². The van der Waals surface area contributed by atoms with Gasteiger partial charge in [0.05, 0.1) is 13.2 Å². The Morgan fingerprint density at radius 2 is 1.89 bits per heavy atom. The lowest BCUT2D eigenvalue weighted by Crippen LogP contribution is -2.40. The van der Waals surface area contributed by atoms with Gasteiger partial charge in [0.15, 0.2) is 0 Å². The molecule has 7 heteroatoms. The molecule has 6 nitrogen and oxygen atoms in total. The number of nitrogens with zero attached hydrogens (tertiary/aromatic N) is 3. The van der Waals surface area contributed by atoms with Gasteiger partial charge in [0, 0.05) is 48.1 Å². The lowest BCUT2D eigenvalue weighted by molar-refractivity contribution is -0.134. The van der Waals surface area contributed by atoms with Crippen LogP contribution in [0.5, 0.6) is 6.01 Å². The van der Waals surface area contributed by atoms with Crippen LogP contribution in [0, 0.1) is 17.7 Å². The van der Waals surface area contributed by atoms with E-state index in [0.717, 1.165) is 38.8 Å². The number of rotatable bonds is 6. The minimum atomic E-state index is -0.463. The highest BCUT2D eigenvalue weighted by molar-refractivity contribution is 5.81.